The molecule has 6 aromatic rings. The van der Waals surface area contributed by atoms with E-state index in [1.165, 1.54) is 0 Å². The first-order valence-electron chi connectivity index (χ1n) is 14.8. The second-order valence-corrected chi connectivity index (χ2v) is 10.6. The second-order valence-electron chi connectivity index (χ2n) is 10.6. The summed E-state index contributed by atoms with van der Waals surface area (Å²) in [7, 11) is 0. The van der Waals surface area contributed by atoms with Crippen LogP contribution in [0.4, 0.5) is 0 Å². The Morgan fingerprint density at radius 2 is 0.644 bits per heavy atom. The van der Waals surface area contributed by atoms with Crippen molar-refractivity contribution in [2.24, 2.45) is 0 Å². The first-order valence-corrected chi connectivity index (χ1v) is 14.8. The maximum Gasteiger partial charge on any atom is 0.252 e. The molecule has 0 aliphatic rings. The van der Waals surface area contributed by atoms with Crippen molar-refractivity contribution in [1.82, 2.24) is 10.6 Å². The number of benzene rings is 6. The van der Waals surface area contributed by atoms with Gasteiger partial charge in [0.25, 0.3) is 11.8 Å². The smallest absolute Gasteiger partial charge is 0.252 e. The van der Waals surface area contributed by atoms with Crippen LogP contribution in [0.1, 0.15) is 55.1 Å². The van der Waals surface area contributed by atoms with E-state index in [-0.39, 0.29) is 23.9 Å². The molecule has 0 unspecified atom stereocenters. The van der Waals surface area contributed by atoms with Gasteiger partial charge < -0.3 is 15.4 Å². The molecule has 5 heteroatoms. The van der Waals surface area contributed by atoms with Gasteiger partial charge in [-0.05, 0) is 70.8 Å². The number of hydrogen-bond acceptors (Lipinski definition) is 3. The molecule has 0 bridgehead atoms. The predicted octanol–water partition coefficient (Wildman–Crippen LogP) is 8.52. The summed E-state index contributed by atoms with van der Waals surface area (Å²) in [6.07, 6.45) is 0. The molecule has 2 amide bonds. The third kappa shape index (κ3) is 7.35. The number of carbonyl (C=O) groups is 2. The highest BCUT2D eigenvalue weighted by Gasteiger charge is 2.19. The van der Waals surface area contributed by atoms with Gasteiger partial charge in [0.2, 0.25) is 0 Å². The van der Waals surface area contributed by atoms with E-state index in [1.807, 2.05) is 121 Å². The number of carbonyl (C=O) groups excluding carboxylic acids is 2. The first-order chi connectivity index (χ1) is 22.1. The van der Waals surface area contributed by atoms with Gasteiger partial charge in [-0.25, -0.2) is 0 Å². The van der Waals surface area contributed by atoms with E-state index < -0.39 is 0 Å². The van der Waals surface area contributed by atoms with Gasteiger partial charge in [-0.3, -0.25) is 9.59 Å². The van der Waals surface area contributed by atoms with Gasteiger partial charge in [-0.2, -0.15) is 0 Å². The van der Waals surface area contributed by atoms with Crippen LogP contribution in [0.2, 0.25) is 0 Å². The highest BCUT2D eigenvalue weighted by atomic mass is 16.5. The third-order valence-electron chi connectivity index (χ3n) is 7.55. The fraction of sp³-hybridized carbons (Fsp3) is 0.0500. The maximum atomic E-state index is 13.2. The summed E-state index contributed by atoms with van der Waals surface area (Å²) in [6, 6.07) is 53.1. The van der Waals surface area contributed by atoms with Crippen molar-refractivity contribution in [2.75, 3.05) is 0 Å². The number of rotatable bonds is 10. The second kappa shape index (κ2) is 14.0. The normalized spacial score (nSPS) is 10.8. The Morgan fingerprint density at radius 1 is 0.378 bits per heavy atom. The minimum atomic E-state index is -0.276. The average molecular weight is 589 g/mol. The minimum Gasteiger partial charge on any atom is -0.457 e. The molecule has 6 aromatic carbocycles. The fourth-order valence-corrected chi connectivity index (χ4v) is 5.21. The van der Waals surface area contributed by atoms with Gasteiger partial charge in [0, 0.05) is 11.1 Å². The molecule has 0 atom stereocenters. The van der Waals surface area contributed by atoms with E-state index in [0.717, 1.165) is 22.3 Å². The molecule has 0 aliphatic carbocycles. The van der Waals surface area contributed by atoms with Crippen molar-refractivity contribution < 1.29 is 14.3 Å². The SMILES string of the molecule is O=C(NC(c1ccccc1)c1ccccc1)c1ccc(Oc2ccc(C(=O)NC(c3ccccc3)c3ccccc3)cc2)cc1. The molecule has 0 saturated heterocycles. The molecule has 0 fully saturated rings. The van der Waals surface area contributed by atoms with Crippen LogP contribution in [0.25, 0.3) is 0 Å². The van der Waals surface area contributed by atoms with Gasteiger partial charge in [0.15, 0.2) is 0 Å². The van der Waals surface area contributed by atoms with E-state index >= 15 is 0 Å². The quantitative estimate of drug-likeness (QED) is 0.169. The molecular formula is C40H32N2O3. The summed E-state index contributed by atoms with van der Waals surface area (Å²) < 4.78 is 6.02. The summed E-state index contributed by atoms with van der Waals surface area (Å²) in [5.41, 5.74) is 5.07. The fourth-order valence-electron chi connectivity index (χ4n) is 5.21. The molecule has 6 rings (SSSR count). The summed E-state index contributed by atoms with van der Waals surface area (Å²) in [5, 5.41) is 6.34. The van der Waals surface area contributed by atoms with Crippen LogP contribution < -0.4 is 15.4 Å². The van der Waals surface area contributed by atoms with Crippen LogP contribution in [0.3, 0.4) is 0 Å². The molecule has 0 radical (unpaired) electrons. The molecule has 0 aliphatic heterocycles. The van der Waals surface area contributed by atoms with Crippen LogP contribution in [0, 0.1) is 0 Å². The Kier molecular flexibility index (Phi) is 9.08. The van der Waals surface area contributed by atoms with Gasteiger partial charge in [-0.15, -0.1) is 0 Å². The highest BCUT2D eigenvalue weighted by Crippen LogP contribution is 2.26. The molecule has 0 aromatic heterocycles. The Hall–Kier alpha value is -5.94. The standard InChI is InChI=1S/C40H32N2O3/c43-39(41-37(29-13-5-1-6-14-29)30-15-7-2-8-16-30)33-21-25-35(26-22-33)45-36-27-23-34(24-28-36)40(44)42-38(31-17-9-3-10-18-31)32-19-11-4-12-20-32/h1-28,37-38H,(H,41,43)(H,42,44). The zero-order valence-corrected chi connectivity index (χ0v) is 24.5. The zero-order valence-electron chi connectivity index (χ0n) is 24.5. The van der Waals surface area contributed by atoms with Crippen LogP contribution in [0.5, 0.6) is 11.5 Å². The predicted molar refractivity (Wildman–Crippen MR) is 177 cm³/mol. The molecule has 2 N–H and O–H groups in total. The number of ether oxygens (including phenoxy) is 1. The lowest BCUT2D eigenvalue weighted by Crippen LogP contribution is -2.29. The van der Waals surface area contributed by atoms with Crippen molar-refractivity contribution in [2.45, 2.75) is 12.1 Å². The van der Waals surface area contributed by atoms with Crippen LogP contribution >= 0.6 is 0 Å². The largest absolute Gasteiger partial charge is 0.457 e. The minimum absolute atomic E-state index is 0.182. The number of amides is 2. The van der Waals surface area contributed by atoms with E-state index in [0.29, 0.717) is 22.6 Å². The maximum absolute atomic E-state index is 13.2. The Labute approximate surface area is 263 Å². The lowest BCUT2D eigenvalue weighted by molar-refractivity contribution is 0.0935. The van der Waals surface area contributed by atoms with Gasteiger partial charge in [0.1, 0.15) is 11.5 Å². The van der Waals surface area contributed by atoms with Crippen LogP contribution in [0.15, 0.2) is 170 Å². The van der Waals surface area contributed by atoms with E-state index in [1.54, 1.807) is 48.5 Å². The number of nitrogens with one attached hydrogen (secondary N) is 2. The molecule has 5 nitrogen and oxygen atoms in total. The van der Waals surface area contributed by atoms with E-state index in [4.69, 9.17) is 4.74 Å². The van der Waals surface area contributed by atoms with Gasteiger partial charge in [-0.1, -0.05) is 121 Å². The topological polar surface area (TPSA) is 67.4 Å². The van der Waals surface area contributed by atoms with Crippen molar-refractivity contribution >= 4 is 11.8 Å². The van der Waals surface area contributed by atoms with Crippen molar-refractivity contribution in [1.29, 1.82) is 0 Å². The Bertz CT molecular complexity index is 1610. The molecule has 0 spiro atoms. The summed E-state index contributed by atoms with van der Waals surface area (Å²) >= 11 is 0. The zero-order chi connectivity index (χ0) is 30.8. The summed E-state index contributed by atoms with van der Waals surface area (Å²) in [5.74, 6) is 0.803. The molecule has 0 heterocycles. The van der Waals surface area contributed by atoms with E-state index in [2.05, 4.69) is 10.6 Å². The van der Waals surface area contributed by atoms with E-state index in [9.17, 15) is 9.59 Å². The molecule has 0 saturated carbocycles. The van der Waals surface area contributed by atoms with Crippen molar-refractivity contribution in [3.05, 3.63) is 203 Å². The lowest BCUT2D eigenvalue weighted by atomic mass is 9.98. The molecule has 45 heavy (non-hydrogen) atoms. The van der Waals surface area contributed by atoms with Crippen molar-refractivity contribution in [3.8, 4) is 11.5 Å². The van der Waals surface area contributed by atoms with Gasteiger partial charge >= 0.3 is 0 Å². The Morgan fingerprint density at radius 3 is 0.911 bits per heavy atom. The highest BCUT2D eigenvalue weighted by molar-refractivity contribution is 5.95. The summed E-state index contributed by atoms with van der Waals surface area (Å²) in [6.45, 7) is 0. The van der Waals surface area contributed by atoms with Crippen LogP contribution in [-0.4, -0.2) is 11.8 Å². The third-order valence-corrected chi connectivity index (χ3v) is 7.55. The average Bonchev–Trinajstić information content (AvgIpc) is 3.11. The lowest BCUT2D eigenvalue weighted by Gasteiger charge is -2.20. The monoisotopic (exact) mass is 588 g/mol. The van der Waals surface area contributed by atoms with Crippen LogP contribution in [-0.2, 0) is 0 Å². The molecular weight excluding hydrogens is 556 g/mol. The van der Waals surface area contributed by atoms with Crippen molar-refractivity contribution in [3.63, 3.8) is 0 Å². The summed E-state index contributed by atoms with van der Waals surface area (Å²) in [4.78, 5) is 26.5. The number of hydrogen-bond donors (Lipinski definition) is 2. The van der Waals surface area contributed by atoms with Gasteiger partial charge in [0.05, 0.1) is 12.1 Å². The first kappa shape index (κ1) is 29.1. The Balaban J connectivity index is 1.10. The molecule has 220 valence electrons.